The van der Waals surface area contributed by atoms with Crippen molar-refractivity contribution in [2.45, 2.75) is 58.7 Å². The van der Waals surface area contributed by atoms with Crippen molar-refractivity contribution in [3.63, 3.8) is 0 Å². The van der Waals surface area contributed by atoms with Crippen LogP contribution in [0.5, 0.6) is 11.5 Å². The van der Waals surface area contributed by atoms with Crippen molar-refractivity contribution in [2.24, 2.45) is 0 Å². The Kier molecular flexibility index (Phi) is 11.2. The minimum atomic E-state index is -3.62. The molecule has 37 heavy (non-hydrogen) atoms. The molecule has 0 spiro atoms. The first-order chi connectivity index (χ1) is 17.5. The molecule has 2 aromatic rings. The molecule has 2 rings (SSSR count). The minimum absolute atomic E-state index is 0.0166. The lowest BCUT2D eigenvalue weighted by atomic mass is 10.1. The lowest BCUT2D eigenvalue weighted by molar-refractivity contribution is -0.140. The Labute approximate surface area is 220 Å². The van der Waals surface area contributed by atoms with Gasteiger partial charge in [-0.2, -0.15) is 0 Å². The average molecular weight is 534 g/mol. The van der Waals surface area contributed by atoms with Crippen molar-refractivity contribution in [2.75, 3.05) is 31.3 Å². The number of rotatable bonds is 14. The van der Waals surface area contributed by atoms with Crippen LogP contribution in [0.15, 0.2) is 48.5 Å². The van der Waals surface area contributed by atoms with Gasteiger partial charge in [-0.1, -0.05) is 31.2 Å². The van der Waals surface area contributed by atoms with Crippen LogP contribution in [0.1, 0.15) is 45.6 Å². The van der Waals surface area contributed by atoms with Crippen LogP contribution < -0.4 is 19.1 Å². The summed E-state index contributed by atoms with van der Waals surface area (Å²) in [5, 5.41) is 2.94. The van der Waals surface area contributed by atoms with Gasteiger partial charge in [-0.15, -0.1) is 0 Å². The molecule has 204 valence electrons. The second kappa shape index (κ2) is 13.9. The summed E-state index contributed by atoms with van der Waals surface area (Å²) in [4.78, 5) is 27.8. The summed E-state index contributed by atoms with van der Waals surface area (Å²) in [6, 6.07) is 13.4. The summed E-state index contributed by atoms with van der Waals surface area (Å²) in [5.41, 5.74) is 1.26. The van der Waals surface area contributed by atoms with E-state index in [2.05, 4.69) is 5.32 Å². The normalized spacial score (nSPS) is 12.8. The van der Waals surface area contributed by atoms with Crippen LogP contribution in [0.2, 0.25) is 0 Å². The maximum Gasteiger partial charge on any atom is 0.242 e. The van der Waals surface area contributed by atoms with Gasteiger partial charge in [-0.3, -0.25) is 13.9 Å². The maximum atomic E-state index is 13.4. The Balaban J connectivity index is 2.20. The van der Waals surface area contributed by atoms with Gasteiger partial charge in [0.15, 0.2) is 0 Å². The van der Waals surface area contributed by atoms with Crippen LogP contribution in [0, 0.1) is 0 Å². The molecule has 0 saturated carbocycles. The van der Waals surface area contributed by atoms with E-state index in [4.69, 9.17) is 9.47 Å². The number of ether oxygens (including phenoxy) is 2. The van der Waals surface area contributed by atoms with E-state index in [1.54, 1.807) is 50.4 Å². The second-order valence-electron chi connectivity index (χ2n) is 8.97. The highest BCUT2D eigenvalue weighted by Crippen LogP contribution is 2.29. The summed E-state index contributed by atoms with van der Waals surface area (Å²) in [7, 11) is -0.559. The van der Waals surface area contributed by atoms with Gasteiger partial charge in [-0.05, 0) is 56.5 Å². The SMILES string of the molecule is CC[C@H](C)NC(=O)[C@H](C)N(Cc1ccc(OC)cc1)C(=O)CCCN(c1ccccc1OC)S(C)(=O)=O. The summed E-state index contributed by atoms with van der Waals surface area (Å²) >= 11 is 0. The van der Waals surface area contributed by atoms with E-state index in [9.17, 15) is 18.0 Å². The van der Waals surface area contributed by atoms with Gasteiger partial charge in [0.05, 0.1) is 26.2 Å². The smallest absolute Gasteiger partial charge is 0.242 e. The van der Waals surface area contributed by atoms with Gasteiger partial charge in [0.2, 0.25) is 21.8 Å². The molecule has 10 heteroatoms. The van der Waals surface area contributed by atoms with E-state index in [-0.39, 0.29) is 43.8 Å². The molecule has 0 unspecified atom stereocenters. The molecule has 2 atom stereocenters. The summed E-state index contributed by atoms with van der Waals surface area (Å²) < 4.78 is 36.9. The van der Waals surface area contributed by atoms with Gasteiger partial charge in [0, 0.05) is 25.6 Å². The van der Waals surface area contributed by atoms with E-state index in [1.165, 1.54) is 16.3 Å². The van der Waals surface area contributed by atoms with Crippen molar-refractivity contribution >= 4 is 27.5 Å². The van der Waals surface area contributed by atoms with E-state index >= 15 is 0 Å². The van der Waals surface area contributed by atoms with E-state index < -0.39 is 16.1 Å². The quantitative estimate of drug-likeness (QED) is 0.398. The molecule has 0 aliphatic rings. The molecule has 0 saturated heterocycles. The zero-order chi connectivity index (χ0) is 27.6. The molecule has 0 aliphatic carbocycles. The number of nitrogens with zero attached hydrogens (tertiary/aromatic N) is 2. The maximum absolute atomic E-state index is 13.4. The van der Waals surface area contributed by atoms with Crippen LogP contribution in [0.25, 0.3) is 0 Å². The van der Waals surface area contributed by atoms with Crippen molar-refractivity contribution in [1.29, 1.82) is 0 Å². The fourth-order valence-corrected chi connectivity index (χ4v) is 4.76. The number of hydrogen-bond donors (Lipinski definition) is 1. The first-order valence-electron chi connectivity index (χ1n) is 12.3. The van der Waals surface area contributed by atoms with Crippen LogP contribution in [0.4, 0.5) is 5.69 Å². The van der Waals surface area contributed by atoms with Gasteiger partial charge in [-0.25, -0.2) is 8.42 Å². The summed E-state index contributed by atoms with van der Waals surface area (Å²) in [6.07, 6.45) is 2.23. The highest BCUT2D eigenvalue weighted by atomic mass is 32.2. The number of carbonyl (C=O) groups is 2. The first-order valence-corrected chi connectivity index (χ1v) is 14.2. The molecular formula is C27H39N3O6S. The predicted octanol–water partition coefficient (Wildman–Crippen LogP) is 3.58. The lowest BCUT2D eigenvalue weighted by Crippen LogP contribution is -2.49. The molecule has 9 nitrogen and oxygen atoms in total. The third-order valence-corrected chi connectivity index (χ3v) is 7.37. The Morgan fingerprint density at radius 3 is 2.22 bits per heavy atom. The van der Waals surface area contributed by atoms with Crippen molar-refractivity contribution in [1.82, 2.24) is 10.2 Å². The van der Waals surface area contributed by atoms with Crippen LogP contribution in [0.3, 0.4) is 0 Å². The minimum Gasteiger partial charge on any atom is -0.497 e. The molecular weight excluding hydrogens is 494 g/mol. The second-order valence-corrected chi connectivity index (χ2v) is 10.9. The largest absolute Gasteiger partial charge is 0.497 e. The Morgan fingerprint density at radius 2 is 1.65 bits per heavy atom. The average Bonchev–Trinajstić information content (AvgIpc) is 2.88. The molecule has 2 aromatic carbocycles. The number of methoxy groups -OCH3 is 2. The third kappa shape index (κ3) is 8.66. The van der Waals surface area contributed by atoms with E-state index in [0.29, 0.717) is 17.2 Å². The topological polar surface area (TPSA) is 105 Å². The molecule has 0 radical (unpaired) electrons. The van der Waals surface area contributed by atoms with Gasteiger partial charge in [0.1, 0.15) is 17.5 Å². The zero-order valence-corrected chi connectivity index (χ0v) is 23.4. The Bertz CT molecular complexity index is 1140. The molecule has 2 amide bonds. The fraction of sp³-hybridized carbons (Fsp3) is 0.481. The number of amides is 2. The first kappa shape index (κ1) is 30.0. The number of anilines is 1. The molecule has 0 bridgehead atoms. The highest BCUT2D eigenvalue weighted by Gasteiger charge is 2.27. The summed E-state index contributed by atoms with van der Waals surface area (Å²) in [6.45, 7) is 5.93. The van der Waals surface area contributed by atoms with Gasteiger partial charge < -0.3 is 19.7 Å². The molecule has 0 aliphatic heterocycles. The number of carbonyl (C=O) groups excluding carboxylic acids is 2. The fourth-order valence-electron chi connectivity index (χ4n) is 3.79. The number of hydrogen-bond acceptors (Lipinski definition) is 6. The zero-order valence-electron chi connectivity index (χ0n) is 22.6. The van der Waals surface area contributed by atoms with Crippen LogP contribution >= 0.6 is 0 Å². The molecule has 1 N–H and O–H groups in total. The third-order valence-electron chi connectivity index (χ3n) is 6.19. The van der Waals surface area contributed by atoms with Crippen LogP contribution in [-0.4, -0.2) is 64.2 Å². The predicted molar refractivity (Wildman–Crippen MR) is 145 cm³/mol. The number of para-hydroxylation sites is 2. The standard InChI is InChI=1S/C27H39N3O6S/c1-7-20(2)28-27(32)21(3)29(19-22-14-16-23(35-4)17-15-22)26(31)13-10-18-30(37(6,33)34)24-11-8-9-12-25(24)36-5/h8-9,11-12,14-17,20-21H,7,10,13,18-19H2,1-6H3,(H,28,32)/t20-,21-/m0/s1. The number of nitrogens with one attached hydrogen (secondary N) is 1. The lowest BCUT2D eigenvalue weighted by Gasteiger charge is -2.30. The van der Waals surface area contributed by atoms with Gasteiger partial charge >= 0.3 is 0 Å². The van der Waals surface area contributed by atoms with Crippen molar-refractivity contribution in [3.8, 4) is 11.5 Å². The Hall–Kier alpha value is -3.27. The van der Waals surface area contributed by atoms with Gasteiger partial charge in [0.25, 0.3) is 0 Å². The van der Waals surface area contributed by atoms with Crippen LogP contribution in [-0.2, 0) is 26.2 Å². The molecule has 0 aromatic heterocycles. The van der Waals surface area contributed by atoms with Crippen molar-refractivity contribution < 1.29 is 27.5 Å². The molecule has 0 heterocycles. The van der Waals surface area contributed by atoms with Crippen molar-refractivity contribution in [3.05, 3.63) is 54.1 Å². The van der Waals surface area contributed by atoms with E-state index in [1.807, 2.05) is 26.0 Å². The summed E-state index contributed by atoms with van der Waals surface area (Å²) in [5.74, 6) is 0.649. The monoisotopic (exact) mass is 533 g/mol. The van der Waals surface area contributed by atoms with E-state index in [0.717, 1.165) is 18.2 Å². The Morgan fingerprint density at radius 1 is 1.00 bits per heavy atom. The highest BCUT2D eigenvalue weighted by molar-refractivity contribution is 7.92. The number of sulfonamides is 1. The molecule has 0 fully saturated rings. The number of benzene rings is 2.